The zero-order valence-corrected chi connectivity index (χ0v) is 12.5. The van der Waals surface area contributed by atoms with E-state index in [9.17, 15) is 4.39 Å². The number of nitrogens with two attached hydrogens (primary N) is 2. The number of halogens is 2. The van der Waals surface area contributed by atoms with Crippen molar-refractivity contribution in [3.8, 4) is 22.6 Å². The van der Waals surface area contributed by atoms with E-state index in [1.54, 1.807) is 12.1 Å². The summed E-state index contributed by atoms with van der Waals surface area (Å²) in [7, 11) is 0. The Balaban J connectivity index is 2.17. The van der Waals surface area contributed by atoms with E-state index in [-0.39, 0.29) is 5.82 Å². The van der Waals surface area contributed by atoms with Crippen LogP contribution in [0.1, 0.15) is 0 Å². The Bertz CT molecular complexity index is 799. The highest BCUT2D eigenvalue weighted by molar-refractivity contribution is 9.10. The highest BCUT2D eigenvalue weighted by Gasteiger charge is 2.18. The molecule has 21 heavy (non-hydrogen) atoms. The molecule has 3 aromatic rings. The fourth-order valence-corrected chi connectivity index (χ4v) is 2.45. The van der Waals surface area contributed by atoms with Gasteiger partial charge < -0.3 is 11.6 Å². The van der Waals surface area contributed by atoms with Crippen LogP contribution in [0.2, 0.25) is 0 Å². The van der Waals surface area contributed by atoms with E-state index in [0.717, 1.165) is 5.56 Å². The first kappa shape index (κ1) is 13.6. The third-order valence-electron chi connectivity index (χ3n) is 3.17. The number of nitrogens with zero attached hydrogens (tertiary/aromatic N) is 2. The smallest absolute Gasteiger partial charge is 0.160 e. The molecule has 106 valence electrons. The van der Waals surface area contributed by atoms with Crippen LogP contribution in [-0.2, 0) is 0 Å². The number of nitrogen functional groups attached to an aromatic ring is 2. The zero-order valence-electron chi connectivity index (χ0n) is 10.9. The zero-order chi connectivity index (χ0) is 15.0. The van der Waals surface area contributed by atoms with E-state index in [4.69, 9.17) is 11.6 Å². The molecule has 0 amide bonds. The molecule has 0 saturated heterocycles. The molecule has 0 radical (unpaired) electrons. The average molecular weight is 347 g/mol. The normalized spacial score (nSPS) is 10.8. The molecule has 2 aromatic carbocycles. The molecule has 0 saturated carbocycles. The van der Waals surface area contributed by atoms with Crippen LogP contribution in [0.25, 0.3) is 22.6 Å². The number of hydrogen-bond donors (Lipinski definition) is 2. The Morgan fingerprint density at radius 1 is 1.10 bits per heavy atom. The molecule has 4 N–H and O–H groups in total. The van der Waals surface area contributed by atoms with Crippen LogP contribution in [0.4, 0.5) is 10.2 Å². The van der Waals surface area contributed by atoms with Gasteiger partial charge >= 0.3 is 0 Å². The lowest BCUT2D eigenvalue weighted by molar-refractivity contribution is 0.630. The molecule has 3 rings (SSSR count). The van der Waals surface area contributed by atoms with Gasteiger partial charge in [0.1, 0.15) is 11.5 Å². The Morgan fingerprint density at radius 3 is 2.48 bits per heavy atom. The van der Waals surface area contributed by atoms with Gasteiger partial charge in [-0.25, -0.2) is 14.1 Å². The largest absolute Gasteiger partial charge is 0.382 e. The maximum atomic E-state index is 14.1. The first-order valence-corrected chi connectivity index (χ1v) is 7.01. The van der Waals surface area contributed by atoms with Crippen LogP contribution >= 0.6 is 15.9 Å². The second-order valence-electron chi connectivity index (χ2n) is 4.53. The Kier molecular flexibility index (Phi) is 3.39. The number of hydrogen-bond acceptors (Lipinski definition) is 3. The molecule has 0 aliphatic heterocycles. The molecule has 6 heteroatoms. The van der Waals surface area contributed by atoms with Gasteiger partial charge in [0.05, 0.1) is 0 Å². The summed E-state index contributed by atoms with van der Waals surface area (Å²) < 4.78 is 16.0. The van der Waals surface area contributed by atoms with E-state index in [2.05, 4.69) is 20.9 Å². The van der Waals surface area contributed by atoms with E-state index < -0.39 is 5.82 Å². The second-order valence-corrected chi connectivity index (χ2v) is 5.45. The minimum Gasteiger partial charge on any atom is -0.382 e. The quantitative estimate of drug-likeness (QED) is 0.698. The van der Waals surface area contributed by atoms with Crippen molar-refractivity contribution in [2.75, 3.05) is 11.6 Å². The van der Waals surface area contributed by atoms with Gasteiger partial charge in [-0.2, -0.15) is 0 Å². The topological polar surface area (TPSA) is 69.9 Å². The van der Waals surface area contributed by atoms with Gasteiger partial charge in [0, 0.05) is 15.6 Å². The summed E-state index contributed by atoms with van der Waals surface area (Å²) in [6.07, 6.45) is 0. The predicted molar refractivity (Wildman–Crippen MR) is 85.3 cm³/mol. The lowest BCUT2D eigenvalue weighted by Gasteiger charge is -2.03. The van der Waals surface area contributed by atoms with Crippen molar-refractivity contribution in [1.29, 1.82) is 0 Å². The fraction of sp³-hybridized carbons (Fsp3) is 0. The summed E-state index contributed by atoms with van der Waals surface area (Å²) >= 11 is 3.22. The predicted octanol–water partition coefficient (Wildman–Crippen LogP) is 3.41. The number of aromatic nitrogens is 2. The first-order chi connectivity index (χ1) is 10.1. The number of anilines is 1. The van der Waals surface area contributed by atoms with Crippen molar-refractivity contribution in [3.05, 3.63) is 58.8 Å². The highest BCUT2D eigenvalue weighted by atomic mass is 79.9. The molecule has 0 spiro atoms. The number of rotatable bonds is 2. The molecule has 4 nitrogen and oxygen atoms in total. The highest BCUT2D eigenvalue weighted by Crippen LogP contribution is 2.32. The minimum atomic E-state index is -0.409. The number of benzene rings is 2. The van der Waals surface area contributed by atoms with E-state index in [1.165, 1.54) is 10.7 Å². The van der Waals surface area contributed by atoms with E-state index in [1.807, 2.05) is 30.3 Å². The summed E-state index contributed by atoms with van der Waals surface area (Å²) in [6, 6.07) is 14.1. The van der Waals surface area contributed by atoms with Gasteiger partial charge in [-0.3, -0.25) is 0 Å². The lowest BCUT2D eigenvalue weighted by Crippen LogP contribution is -2.13. The summed E-state index contributed by atoms with van der Waals surface area (Å²) in [5.74, 6) is 6.25. The standard InChI is InChI=1S/C15H12BrFN4/c16-10-6-7-11(12(17)8-10)13-14(18)21(19)15(20-13)9-4-2-1-3-5-9/h1-8H,18-19H2. The van der Waals surface area contributed by atoms with E-state index >= 15 is 0 Å². The SMILES string of the molecule is Nc1c(-c2ccc(Br)cc2F)nc(-c2ccccc2)n1N. The lowest BCUT2D eigenvalue weighted by atomic mass is 10.1. The van der Waals surface area contributed by atoms with Gasteiger partial charge in [0.15, 0.2) is 11.6 Å². The molecule has 0 bridgehead atoms. The third-order valence-corrected chi connectivity index (χ3v) is 3.66. The Labute approximate surface area is 129 Å². The molecule has 0 fully saturated rings. The average Bonchev–Trinajstić information content (AvgIpc) is 2.77. The molecule has 0 atom stereocenters. The summed E-state index contributed by atoms with van der Waals surface area (Å²) in [6.45, 7) is 0. The first-order valence-electron chi connectivity index (χ1n) is 6.22. The Hall–Kier alpha value is -2.34. The Morgan fingerprint density at radius 2 is 1.81 bits per heavy atom. The van der Waals surface area contributed by atoms with Crippen molar-refractivity contribution < 1.29 is 4.39 Å². The summed E-state index contributed by atoms with van der Waals surface area (Å²) in [5.41, 5.74) is 7.44. The molecular formula is C15H12BrFN4. The summed E-state index contributed by atoms with van der Waals surface area (Å²) in [4.78, 5) is 4.40. The van der Waals surface area contributed by atoms with Gasteiger partial charge in [-0.05, 0) is 18.2 Å². The van der Waals surface area contributed by atoms with Crippen LogP contribution in [0, 0.1) is 5.82 Å². The second kappa shape index (κ2) is 5.21. The van der Waals surface area contributed by atoms with Crippen LogP contribution in [0.15, 0.2) is 53.0 Å². The van der Waals surface area contributed by atoms with Gasteiger partial charge in [0.2, 0.25) is 0 Å². The minimum absolute atomic E-state index is 0.218. The van der Waals surface area contributed by atoms with Crippen molar-refractivity contribution in [2.24, 2.45) is 0 Å². The maximum Gasteiger partial charge on any atom is 0.160 e. The van der Waals surface area contributed by atoms with Crippen molar-refractivity contribution in [1.82, 2.24) is 9.66 Å². The number of imidazole rings is 1. The molecule has 1 heterocycles. The maximum absolute atomic E-state index is 14.1. The molecule has 1 aromatic heterocycles. The summed E-state index contributed by atoms with van der Waals surface area (Å²) in [5, 5.41) is 0. The monoisotopic (exact) mass is 346 g/mol. The molecule has 0 unspecified atom stereocenters. The van der Waals surface area contributed by atoms with Crippen molar-refractivity contribution >= 4 is 21.7 Å². The third kappa shape index (κ3) is 2.38. The van der Waals surface area contributed by atoms with Gasteiger partial charge in [0.25, 0.3) is 0 Å². The van der Waals surface area contributed by atoms with Crippen LogP contribution < -0.4 is 11.6 Å². The van der Waals surface area contributed by atoms with E-state index in [0.29, 0.717) is 21.6 Å². The van der Waals surface area contributed by atoms with Crippen LogP contribution in [0.5, 0.6) is 0 Å². The molecule has 0 aliphatic carbocycles. The molecule has 0 aliphatic rings. The molecular weight excluding hydrogens is 335 g/mol. The van der Waals surface area contributed by atoms with Gasteiger partial charge in [-0.15, -0.1) is 0 Å². The fourth-order valence-electron chi connectivity index (χ4n) is 2.12. The van der Waals surface area contributed by atoms with Crippen molar-refractivity contribution in [3.63, 3.8) is 0 Å². The van der Waals surface area contributed by atoms with Crippen molar-refractivity contribution in [2.45, 2.75) is 0 Å². The van der Waals surface area contributed by atoms with Gasteiger partial charge in [-0.1, -0.05) is 46.3 Å². The van der Waals surface area contributed by atoms with Crippen LogP contribution in [-0.4, -0.2) is 9.66 Å². The van der Waals surface area contributed by atoms with Crippen LogP contribution in [0.3, 0.4) is 0 Å².